The first-order chi connectivity index (χ1) is 13.4. The quantitative estimate of drug-likeness (QED) is 0.252. The van der Waals surface area contributed by atoms with Crippen molar-refractivity contribution in [2.24, 2.45) is 0 Å². The van der Waals surface area contributed by atoms with Crippen LogP contribution in [0.25, 0.3) is 16.9 Å². The molecule has 0 aliphatic carbocycles. The zero-order valence-electron chi connectivity index (χ0n) is 14.4. The molecule has 0 fully saturated rings. The molecule has 142 valence electrons. The minimum absolute atomic E-state index is 0.322. The topological polar surface area (TPSA) is 42.7 Å². The Morgan fingerprint density at radius 2 is 1.86 bits per heavy atom. The molecular weight excluding hydrogens is 575 g/mol. The zero-order valence-corrected chi connectivity index (χ0v) is 20.0. The Hall–Kier alpha value is -1.55. The summed E-state index contributed by atoms with van der Waals surface area (Å²) in [5, 5.41) is 5.91. The Kier molecular flexibility index (Phi) is 5.69. The number of benzene rings is 2. The molecule has 2 heterocycles. The first-order valence-corrected chi connectivity index (χ1v) is 11.3. The molecule has 2 aromatic heterocycles. The molecule has 2 aromatic carbocycles. The van der Waals surface area contributed by atoms with E-state index in [1.165, 1.54) is 17.4 Å². The molecule has 0 radical (unpaired) electrons. The van der Waals surface area contributed by atoms with E-state index in [1.54, 1.807) is 23.2 Å². The van der Waals surface area contributed by atoms with Gasteiger partial charge in [0, 0.05) is 30.6 Å². The number of rotatable bonds is 4. The van der Waals surface area contributed by atoms with Crippen LogP contribution in [0.3, 0.4) is 0 Å². The van der Waals surface area contributed by atoms with Crippen molar-refractivity contribution in [2.75, 3.05) is 5.32 Å². The van der Waals surface area contributed by atoms with E-state index in [9.17, 15) is 4.39 Å². The number of imidazole rings is 1. The summed E-state index contributed by atoms with van der Waals surface area (Å²) in [6, 6.07) is 9.00. The van der Waals surface area contributed by atoms with Gasteiger partial charge < -0.3 is 9.88 Å². The maximum atomic E-state index is 14.6. The van der Waals surface area contributed by atoms with E-state index >= 15 is 0 Å². The SMILES string of the molecule is Cc1cn(-c2ccc(-c3csc(Nc4cc(Br)c(Br)cc4Br)n3)cc2F)cn1. The van der Waals surface area contributed by atoms with E-state index in [0.717, 1.165) is 35.5 Å². The Labute approximate surface area is 190 Å². The summed E-state index contributed by atoms with van der Waals surface area (Å²) in [5.41, 5.74) is 3.62. The van der Waals surface area contributed by atoms with E-state index in [4.69, 9.17) is 0 Å². The minimum Gasteiger partial charge on any atom is -0.331 e. The number of nitrogens with zero attached hydrogens (tertiary/aromatic N) is 3. The highest BCUT2D eigenvalue weighted by atomic mass is 79.9. The largest absolute Gasteiger partial charge is 0.331 e. The number of hydrogen-bond acceptors (Lipinski definition) is 4. The molecule has 0 amide bonds. The summed E-state index contributed by atoms with van der Waals surface area (Å²) in [5.74, 6) is -0.322. The van der Waals surface area contributed by atoms with Crippen LogP contribution < -0.4 is 5.32 Å². The number of hydrogen-bond donors (Lipinski definition) is 1. The van der Waals surface area contributed by atoms with E-state index in [1.807, 2.05) is 30.5 Å². The van der Waals surface area contributed by atoms with E-state index in [2.05, 4.69) is 63.1 Å². The highest BCUT2D eigenvalue weighted by Crippen LogP contribution is 2.36. The molecule has 4 nitrogen and oxygen atoms in total. The van der Waals surface area contributed by atoms with Crippen molar-refractivity contribution < 1.29 is 4.39 Å². The van der Waals surface area contributed by atoms with Crippen molar-refractivity contribution in [3.63, 3.8) is 0 Å². The van der Waals surface area contributed by atoms with Gasteiger partial charge in [0.1, 0.15) is 5.82 Å². The maximum absolute atomic E-state index is 14.6. The first kappa shape index (κ1) is 19.8. The fourth-order valence-corrected chi connectivity index (χ4v) is 4.79. The molecule has 4 rings (SSSR count). The van der Waals surface area contributed by atoms with Gasteiger partial charge in [-0.15, -0.1) is 11.3 Å². The fourth-order valence-electron chi connectivity index (χ4n) is 2.63. The molecule has 0 bridgehead atoms. The molecule has 0 saturated carbocycles. The van der Waals surface area contributed by atoms with Gasteiger partial charge in [-0.2, -0.15) is 0 Å². The van der Waals surface area contributed by atoms with Crippen LogP contribution in [0.5, 0.6) is 0 Å². The number of aromatic nitrogens is 3. The van der Waals surface area contributed by atoms with Crippen LogP contribution in [-0.4, -0.2) is 14.5 Å². The number of aryl methyl sites for hydroxylation is 1. The van der Waals surface area contributed by atoms with Crippen LogP contribution in [0.15, 0.2) is 61.7 Å². The highest BCUT2D eigenvalue weighted by molar-refractivity contribution is 9.13. The number of thiazole rings is 1. The van der Waals surface area contributed by atoms with Gasteiger partial charge in [0.2, 0.25) is 0 Å². The summed E-state index contributed by atoms with van der Waals surface area (Å²) in [4.78, 5) is 8.73. The summed E-state index contributed by atoms with van der Waals surface area (Å²) >= 11 is 12.0. The monoisotopic (exact) mass is 584 g/mol. The van der Waals surface area contributed by atoms with E-state index in [0.29, 0.717) is 11.4 Å². The molecule has 1 N–H and O–H groups in total. The van der Waals surface area contributed by atoms with Crippen molar-refractivity contribution >= 4 is 69.9 Å². The lowest BCUT2D eigenvalue weighted by Crippen LogP contribution is -1.95. The van der Waals surface area contributed by atoms with Gasteiger partial charge >= 0.3 is 0 Å². The second-order valence-electron chi connectivity index (χ2n) is 6.00. The predicted molar refractivity (Wildman–Crippen MR) is 122 cm³/mol. The smallest absolute Gasteiger partial charge is 0.187 e. The van der Waals surface area contributed by atoms with Crippen LogP contribution >= 0.6 is 59.1 Å². The summed E-state index contributed by atoms with van der Waals surface area (Å²) in [6.45, 7) is 1.87. The van der Waals surface area contributed by atoms with Crippen molar-refractivity contribution in [1.82, 2.24) is 14.5 Å². The highest BCUT2D eigenvalue weighted by Gasteiger charge is 2.12. The predicted octanol–water partition coefficient (Wildman–Crippen LogP) is 7.47. The summed E-state index contributed by atoms with van der Waals surface area (Å²) in [7, 11) is 0. The van der Waals surface area contributed by atoms with Crippen LogP contribution in [0.1, 0.15) is 5.69 Å². The normalized spacial score (nSPS) is 11.0. The first-order valence-electron chi connectivity index (χ1n) is 8.08. The van der Waals surface area contributed by atoms with Gasteiger partial charge in [0.15, 0.2) is 5.13 Å². The second kappa shape index (κ2) is 8.06. The van der Waals surface area contributed by atoms with Gasteiger partial charge in [0.05, 0.1) is 29.1 Å². The standard InChI is InChI=1S/C19H12Br3FN4S/c1-10-7-27(9-24-10)18-3-2-11(4-15(18)23)17-8-28-19(26-17)25-16-6-13(21)12(20)5-14(16)22/h2-9H,1H3,(H,25,26). The second-order valence-corrected chi connectivity index (χ2v) is 9.42. The molecule has 0 aliphatic rings. The molecule has 0 saturated heterocycles. The molecular formula is C19H12Br3FN4S. The third-order valence-electron chi connectivity index (χ3n) is 3.99. The molecule has 0 atom stereocenters. The molecule has 4 aromatic rings. The van der Waals surface area contributed by atoms with Crippen LogP contribution in [0.4, 0.5) is 15.2 Å². The average molecular weight is 587 g/mol. The lowest BCUT2D eigenvalue weighted by atomic mass is 10.1. The number of anilines is 2. The Balaban J connectivity index is 1.59. The minimum atomic E-state index is -0.322. The lowest BCUT2D eigenvalue weighted by Gasteiger charge is -2.08. The molecule has 9 heteroatoms. The lowest BCUT2D eigenvalue weighted by molar-refractivity contribution is 0.618. The van der Waals surface area contributed by atoms with Crippen molar-refractivity contribution in [3.05, 3.63) is 73.2 Å². The molecule has 0 spiro atoms. The summed E-state index contributed by atoms with van der Waals surface area (Å²) in [6.07, 6.45) is 3.39. The van der Waals surface area contributed by atoms with Gasteiger partial charge in [-0.25, -0.2) is 14.4 Å². The van der Waals surface area contributed by atoms with Crippen LogP contribution in [0, 0.1) is 12.7 Å². The van der Waals surface area contributed by atoms with E-state index < -0.39 is 0 Å². The fraction of sp³-hybridized carbons (Fsp3) is 0.0526. The van der Waals surface area contributed by atoms with Gasteiger partial charge in [-0.3, -0.25) is 0 Å². The van der Waals surface area contributed by atoms with Gasteiger partial charge in [0.25, 0.3) is 0 Å². The van der Waals surface area contributed by atoms with Crippen molar-refractivity contribution in [2.45, 2.75) is 6.92 Å². The summed E-state index contributed by atoms with van der Waals surface area (Å²) < 4.78 is 19.1. The number of halogens is 4. The Bertz CT molecular complexity index is 1170. The van der Waals surface area contributed by atoms with Crippen LogP contribution in [0.2, 0.25) is 0 Å². The van der Waals surface area contributed by atoms with Gasteiger partial charge in [-0.05, 0) is 79.0 Å². The van der Waals surface area contributed by atoms with Crippen LogP contribution in [-0.2, 0) is 0 Å². The molecule has 0 unspecified atom stereocenters. The third-order valence-corrected chi connectivity index (χ3v) is 7.25. The third kappa shape index (κ3) is 4.07. The van der Waals surface area contributed by atoms with Crippen molar-refractivity contribution in [1.29, 1.82) is 0 Å². The Morgan fingerprint density at radius 3 is 2.57 bits per heavy atom. The average Bonchev–Trinajstić information content (AvgIpc) is 3.29. The zero-order chi connectivity index (χ0) is 19.8. The Morgan fingerprint density at radius 1 is 1.07 bits per heavy atom. The van der Waals surface area contributed by atoms with Gasteiger partial charge in [-0.1, -0.05) is 6.07 Å². The maximum Gasteiger partial charge on any atom is 0.187 e. The molecule has 28 heavy (non-hydrogen) atoms. The molecule has 0 aliphatic heterocycles. The van der Waals surface area contributed by atoms with Crippen molar-refractivity contribution in [3.8, 4) is 16.9 Å². The van der Waals surface area contributed by atoms with E-state index in [-0.39, 0.29) is 5.82 Å². The number of nitrogens with one attached hydrogen (secondary N) is 1.